The van der Waals surface area contributed by atoms with E-state index < -0.39 is 5.79 Å². The van der Waals surface area contributed by atoms with Crippen LogP contribution in [0.25, 0.3) is 0 Å². The topological polar surface area (TPSA) is 27.7 Å². The summed E-state index contributed by atoms with van der Waals surface area (Å²) in [5.41, 5.74) is 0. The van der Waals surface area contributed by atoms with Crippen molar-refractivity contribution in [1.29, 1.82) is 0 Å². The average molecular weight is 228 g/mol. The van der Waals surface area contributed by atoms with E-state index in [0.29, 0.717) is 11.8 Å². The average Bonchev–Trinajstić information content (AvgIpc) is 2.62. The van der Waals surface area contributed by atoms with Crippen LogP contribution >= 0.6 is 0 Å². The van der Waals surface area contributed by atoms with Gasteiger partial charge in [-0.3, -0.25) is 0 Å². The van der Waals surface area contributed by atoms with E-state index in [2.05, 4.69) is 20.8 Å². The SMILES string of the molecule is CCC[C@@H](C)[C@H]1O[C@@H]2OC(C)(C)O[C@@H]2[C@@H]1C. The maximum atomic E-state index is 6.00. The fourth-order valence-corrected chi connectivity index (χ4v) is 2.96. The first-order valence-corrected chi connectivity index (χ1v) is 6.45. The molecule has 0 unspecified atom stereocenters. The molecule has 2 heterocycles. The van der Waals surface area contributed by atoms with Crippen LogP contribution in [0.4, 0.5) is 0 Å². The molecular formula is C13H24O3. The van der Waals surface area contributed by atoms with Crippen LogP contribution in [0, 0.1) is 11.8 Å². The number of fused-ring (bicyclic) bond motifs is 1. The van der Waals surface area contributed by atoms with Crippen LogP contribution in [0.2, 0.25) is 0 Å². The van der Waals surface area contributed by atoms with Crippen molar-refractivity contribution in [2.45, 2.75) is 71.7 Å². The minimum absolute atomic E-state index is 0.110. The lowest BCUT2D eigenvalue weighted by molar-refractivity contribution is -0.214. The predicted octanol–water partition coefficient (Wildman–Crippen LogP) is 2.94. The summed E-state index contributed by atoms with van der Waals surface area (Å²) in [7, 11) is 0. The molecule has 5 atom stereocenters. The molecule has 0 aromatic rings. The molecule has 0 radical (unpaired) electrons. The van der Waals surface area contributed by atoms with Gasteiger partial charge in [-0.2, -0.15) is 0 Å². The third-order valence-corrected chi connectivity index (χ3v) is 3.72. The van der Waals surface area contributed by atoms with Gasteiger partial charge < -0.3 is 14.2 Å². The minimum atomic E-state index is -0.484. The van der Waals surface area contributed by atoms with E-state index in [0.717, 1.165) is 0 Å². The van der Waals surface area contributed by atoms with Crippen LogP contribution in [-0.2, 0) is 14.2 Å². The Kier molecular flexibility index (Phi) is 3.30. The Labute approximate surface area is 98.4 Å². The normalized spacial score (nSPS) is 43.3. The molecule has 3 heteroatoms. The van der Waals surface area contributed by atoms with Gasteiger partial charge in [-0.1, -0.05) is 27.2 Å². The standard InChI is InChI=1S/C13H24O3/c1-6-7-8(2)10-9(3)11-12(14-10)16-13(4,5)15-11/h8-12H,6-7H2,1-5H3/t8-,9-,10-,11-,12-/m1/s1. The molecule has 16 heavy (non-hydrogen) atoms. The summed E-state index contributed by atoms with van der Waals surface area (Å²) in [6.07, 6.45) is 2.65. The molecule has 0 spiro atoms. The quantitative estimate of drug-likeness (QED) is 0.743. The molecule has 0 amide bonds. The zero-order valence-electron chi connectivity index (χ0n) is 11.0. The second-order valence-corrected chi connectivity index (χ2v) is 5.69. The summed E-state index contributed by atoms with van der Waals surface area (Å²) >= 11 is 0. The van der Waals surface area contributed by atoms with Gasteiger partial charge in [0.15, 0.2) is 12.1 Å². The molecule has 2 saturated heterocycles. The summed E-state index contributed by atoms with van der Waals surface area (Å²) in [4.78, 5) is 0. The molecule has 2 aliphatic rings. The van der Waals surface area contributed by atoms with Gasteiger partial charge in [0.05, 0.1) is 6.10 Å². The molecule has 2 aliphatic heterocycles. The Morgan fingerprint density at radius 2 is 1.94 bits per heavy atom. The summed E-state index contributed by atoms with van der Waals surface area (Å²) in [6, 6.07) is 0. The third kappa shape index (κ3) is 2.13. The van der Waals surface area contributed by atoms with Crippen molar-refractivity contribution in [1.82, 2.24) is 0 Å². The summed E-state index contributed by atoms with van der Waals surface area (Å²) in [6.45, 7) is 10.6. The molecule has 2 rings (SSSR count). The van der Waals surface area contributed by atoms with E-state index in [1.165, 1.54) is 12.8 Å². The van der Waals surface area contributed by atoms with Gasteiger partial charge in [-0.05, 0) is 26.2 Å². The maximum Gasteiger partial charge on any atom is 0.187 e. The second-order valence-electron chi connectivity index (χ2n) is 5.69. The Morgan fingerprint density at radius 3 is 2.50 bits per heavy atom. The molecule has 0 aromatic carbocycles. The lowest BCUT2D eigenvalue weighted by atomic mass is 9.89. The van der Waals surface area contributed by atoms with Crippen molar-refractivity contribution in [3.05, 3.63) is 0 Å². The fraction of sp³-hybridized carbons (Fsp3) is 1.00. The van der Waals surface area contributed by atoms with E-state index >= 15 is 0 Å². The van der Waals surface area contributed by atoms with Gasteiger partial charge in [0, 0.05) is 5.92 Å². The van der Waals surface area contributed by atoms with Crippen molar-refractivity contribution in [3.63, 3.8) is 0 Å². The van der Waals surface area contributed by atoms with Crippen molar-refractivity contribution < 1.29 is 14.2 Å². The first-order chi connectivity index (χ1) is 7.44. The lowest BCUT2D eigenvalue weighted by Crippen LogP contribution is -2.31. The van der Waals surface area contributed by atoms with Crippen LogP contribution in [0.1, 0.15) is 47.5 Å². The van der Waals surface area contributed by atoms with Gasteiger partial charge in [0.2, 0.25) is 0 Å². The third-order valence-electron chi connectivity index (χ3n) is 3.72. The van der Waals surface area contributed by atoms with Crippen molar-refractivity contribution in [3.8, 4) is 0 Å². The van der Waals surface area contributed by atoms with Crippen LogP contribution in [0.15, 0.2) is 0 Å². The molecule has 94 valence electrons. The van der Waals surface area contributed by atoms with Gasteiger partial charge in [-0.25, -0.2) is 0 Å². The monoisotopic (exact) mass is 228 g/mol. The van der Waals surface area contributed by atoms with Gasteiger partial charge >= 0.3 is 0 Å². The van der Waals surface area contributed by atoms with Crippen LogP contribution in [-0.4, -0.2) is 24.3 Å². The van der Waals surface area contributed by atoms with Crippen LogP contribution in [0.3, 0.4) is 0 Å². The summed E-state index contributed by atoms with van der Waals surface area (Å²) < 4.78 is 17.7. The maximum absolute atomic E-state index is 6.00. The van der Waals surface area contributed by atoms with Crippen LogP contribution < -0.4 is 0 Å². The molecule has 3 nitrogen and oxygen atoms in total. The number of hydrogen-bond donors (Lipinski definition) is 0. The van der Waals surface area contributed by atoms with E-state index in [9.17, 15) is 0 Å². The molecule has 0 aliphatic carbocycles. The Bertz CT molecular complexity index is 252. The van der Waals surface area contributed by atoms with E-state index in [4.69, 9.17) is 14.2 Å². The molecule has 0 aromatic heterocycles. The molecule has 0 saturated carbocycles. The molecular weight excluding hydrogens is 204 g/mol. The second kappa shape index (κ2) is 4.28. The van der Waals surface area contributed by atoms with Crippen LogP contribution in [0.5, 0.6) is 0 Å². The molecule has 2 fully saturated rings. The summed E-state index contributed by atoms with van der Waals surface area (Å²) in [5.74, 6) is 0.525. The Hall–Kier alpha value is -0.120. The van der Waals surface area contributed by atoms with Gasteiger partial charge in [0.1, 0.15) is 6.10 Å². The zero-order valence-corrected chi connectivity index (χ0v) is 11.0. The molecule has 0 bridgehead atoms. The number of hydrogen-bond acceptors (Lipinski definition) is 3. The minimum Gasteiger partial charge on any atom is -0.346 e. The Morgan fingerprint density at radius 1 is 1.25 bits per heavy atom. The van der Waals surface area contributed by atoms with Crippen molar-refractivity contribution in [2.75, 3.05) is 0 Å². The number of ether oxygens (including phenoxy) is 3. The van der Waals surface area contributed by atoms with Gasteiger partial charge in [0.25, 0.3) is 0 Å². The lowest BCUT2D eigenvalue weighted by Gasteiger charge is -2.27. The summed E-state index contributed by atoms with van der Waals surface area (Å²) in [5, 5.41) is 0. The van der Waals surface area contributed by atoms with E-state index in [1.807, 2.05) is 13.8 Å². The Balaban J connectivity index is 1.99. The van der Waals surface area contributed by atoms with Crippen molar-refractivity contribution in [2.24, 2.45) is 11.8 Å². The first kappa shape index (κ1) is 12.3. The van der Waals surface area contributed by atoms with E-state index in [-0.39, 0.29) is 18.5 Å². The zero-order chi connectivity index (χ0) is 11.9. The highest BCUT2D eigenvalue weighted by Crippen LogP contribution is 2.43. The van der Waals surface area contributed by atoms with Crippen molar-refractivity contribution >= 4 is 0 Å². The van der Waals surface area contributed by atoms with Gasteiger partial charge in [-0.15, -0.1) is 0 Å². The first-order valence-electron chi connectivity index (χ1n) is 6.45. The highest BCUT2D eigenvalue weighted by Gasteiger charge is 2.53. The molecule has 0 N–H and O–H groups in total. The highest BCUT2D eigenvalue weighted by molar-refractivity contribution is 4.92. The van der Waals surface area contributed by atoms with E-state index in [1.54, 1.807) is 0 Å². The fourth-order valence-electron chi connectivity index (χ4n) is 2.96. The smallest absolute Gasteiger partial charge is 0.187 e. The number of rotatable bonds is 3. The highest BCUT2D eigenvalue weighted by atomic mass is 16.8. The predicted molar refractivity (Wildman–Crippen MR) is 61.9 cm³/mol. The largest absolute Gasteiger partial charge is 0.346 e.